The van der Waals surface area contributed by atoms with Crippen molar-refractivity contribution in [2.75, 3.05) is 0 Å². The van der Waals surface area contributed by atoms with Crippen LogP contribution in [-0.4, -0.2) is 36.5 Å². The second-order valence-corrected chi connectivity index (χ2v) is 9.50. The first-order valence-corrected chi connectivity index (χ1v) is 8.56. The average Bonchev–Trinajstić information content (AvgIpc) is 2.97. The van der Waals surface area contributed by atoms with E-state index in [1.807, 2.05) is 0 Å². The molecule has 0 unspecified atom stereocenters. The molecule has 8 heteroatoms. The molecule has 3 fully saturated rings. The lowest BCUT2D eigenvalue weighted by Crippen LogP contribution is -2.50. The van der Waals surface area contributed by atoms with E-state index in [-0.39, 0.29) is 33.7 Å². The maximum atomic E-state index is 10.2. The molecule has 8 atom stereocenters. The molecule has 4 rings (SSSR count). The normalized spacial score (nSPS) is 62.4. The van der Waals surface area contributed by atoms with Gasteiger partial charge in [-0.15, -0.1) is 23.2 Å². The molecule has 112 valence electrons. The van der Waals surface area contributed by atoms with Gasteiger partial charge in [-0.25, -0.2) is 0 Å². The van der Waals surface area contributed by atoms with Crippen LogP contribution in [0.25, 0.3) is 0 Å². The van der Waals surface area contributed by atoms with Crippen LogP contribution in [-0.2, 0) is 0 Å². The van der Waals surface area contributed by atoms with Gasteiger partial charge in [0, 0.05) is 0 Å². The summed E-state index contributed by atoms with van der Waals surface area (Å²) in [5.74, 6) is -1.05. The molecule has 0 aliphatic heterocycles. The van der Waals surface area contributed by atoms with E-state index < -0.39 is 26.3 Å². The van der Waals surface area contributed by atoms with Gasteiger partial charge in [-0.2, -0.15) is 0 Å². The average molecular weight is 399 g/mol. The highest BCUT2D eigenvalue weighted by Gasteiger charge is 2.87. The third-order valence-electron chi connectivity index (χ3n) is 5.75. The molecule has 0 saturated heterocycles. The Balaban J connectivity index is 1.98. The number of aliphatic hydroxyl groups excluding tert-OH is 2. The number of hydrogen-bond acceptors (Lipinski definition) is 2. The van der Waals surface area contributed by atoms with Crippen molar-refractivity contribution in [2.45, 2.75) is 32.7 Å². The second-order valence-electron chi connectivity index (χ2n) is 6.22. The fraction of sp³-hybridized carbons (Fsp3) is 0.833. The molecular weight excluding hydrogens is 389 g/mol. The first-order chi connectivity index (χ1) is 9.11. The molecule has 0 heterocycles. The topological polar surface area (TPSA) is 40.5 Å². The maximum Gasteiger partial charge on any atom is 0.166 e. The zero-order chi connectivity index (χ0) is 14.8. The minimum absolute atomic E-state index is 0.163. The number of hydrogen-bond donors (Lipinski definition) is 2. The highest BCUT2D eigenvalue weighted by atomic mass is 35.5. The number of aliphatic hydroxyl groups is 2. The predicted octanol–water partition coefficient (Wildman–Crippen LogP) is 3.44. The third-order valence-corrected chi connectivity index (χ3v) is 10.0. The van der Waals surface area contributed by atoms with Gasteiger partial charge in [-0.05, 0) is 30.1 Å². The van der Waals surface area contributed by atoms with Gasteiger partial charge in [-0.1, -0.05) is 46.4 Å². The summed E-state index contributed by atoms with van der Waals surface area (Å²) in [5.41, 5.74) is 0. The van der Waals surface area contributed by atoms with Crippen molar-refractivity contribution in [1.82, 2.24) is 0 Å². The number of alkyl halides is 4. The Labute approximate surface area is 145 Å². The van der Waals surface area contributed by atoms with Gasteiger partial charge in [0.15, 0.2) is 4.33 Å². The Morgan fingerprint density at radius 1 is 0.800 bits per heavy atom. The van der Waals surface area contributed by atoms with Gasteiger partial charge in [0.2, 0.25) is 0 Å². The lowest BCUT2D eigenvalue weighted by molar-refractivity contribution is -0.0559. The molecule has 4 aliphatic carbocycles. The fourth-order valence-electron chi connectivity index (χ4n) is 5.01. The van der Waals surface area contributed by atoms with E-state index in [1.54, 1.807) is 0 Å². The Hall–Kier alpha value is 1.40. The van der Waals surface area contributed by atoms with E-state index >= 15 is 0 Å². The second kappa shape index (κ2) is 3.89. The van der Waals surface area contributed by atoms with Crippen molar-refractivity contribution in [2.24, 2.45) is 23.7 Å². The van der Waals surface area contributed by atoms with Gasteiger partial charge in [0.1, 0.15) is 9.75 Å². The monoisotopic (exact) mass is 396 g/mol. The van der Waals surface area contributed by atoms with Crippen LogP contribution in [0, 0.1) is 23.7 Å². The first kappa shape index (κ1) is 15.0. The molecule has 20 heavy (non-hydrogen) atoms. The van der Waals surface area contributed by atoms with Crippen LogP contribution in [0.1, 0.15) is 6.42 Å². The molecule has 0 aromatic rings. The van der Waals surface area contributed by atoms with Crippen LogP contribution in [0.5, 0.6) is 0 Å². The summed E-state index contributed by atoms with van der Waals surface area (Å²) < 4.78 is -1.58. The lowest BCUT2D eigenvalue weighted by Gasteiger charge is -2.42. The van der Waals surface area contributed by atoms with E-state index in [9.17, 15) is 10.2 Å². The summed E-state index contributed by atoms with van der Waals surface area (Å²) in [6, 6.07) is 0. The highest BCUT2D eigenvalue weighted by molar-refractivity contribution is 6.65. The van der Waals surface area contributed by atoms with E-state index in [0.717, 1.165) is 0 Å². The van der Waals surface area contributed by atoms with Crippen LogP contribution in [0.15, 0.2) is 10.1 Å². The van der Waals surface area contributed by atoms with Gasteiger partial charge >= 0.3 is 0 Å². The number of rotatable bonds is 0. The predicted molar refractivity (Wildman–Crippen MR) is 80.9 cm³/mol. The molecule has 2 N–H and O–H groups in total. The summed E-state index contributed by atoms with van der Waals surface area (Å²) in [6.45, 7) is 0. The Bertz CT molecular complexity index is 506. The van der Waals surface area contributed by atoms with Crippen molar-refractivity contribution in [1.29, 1.82) is 0 Å². The standard InChI is InChI=1S/C12H10Cl6O2/c13-8-9(14)11(16)5-3-1-2(6(19)7(3)20)4(5)10(8,15)12(11,17)18/h2-7,19-20H,1H2/t2-,3-,4+,5+,6-,7+,10+,11+/m0/s1. The molecular formula is C12H10Cl6O2. The molecule has 0 spiro atoms. The smallest absolute Gasteiger partial charge is 0.166 e. The minimum atomic E-state index is -1.58. The molecule has 0 radical (unpaired) electrons. The van der Waals surface area contributed by atoms with E-state index in [0.29, 0.717) is 6.42 Å². The third kappa shape index (κ3) is 1.16. The molecule has 4 aliphatic rings. The van der Waals surface area contributed by atoms with Crippen molar-refractivity contribution in [3.8, 4) is 0 Å². The number of allylic oxidation sites excluding steroid dienone is 2. The zero-order valence-electron chi connectivity index (χ0n) is 9.83. The summed E-state index contributed by atoms with van der Waals surface area (Å²) in [5, 5.41) is 20.6. The van der Waals surface area contributed by atoms with Crippen LogP contribution in [0.2, 0.25) is 0 Å². The van der Waals surface area contributed by atoms with Gasteiger partial charge < -0.3 is 10.2 Å². The molecule has 4 bridgehead atoms. The SMILES string of the molecule is O[C@@H]1[C@H](O)[C@H]2C[C@H]1[C@@H]1[C@@H]2[C@@]2(Cl)C(Cl)=C(Cl)[C@@]1(Cl)C2(Cl)Cl. The van der Waals surface area contributed by atoms with Crippen molar-refractivity contribution < 1.29 is 10.2 Å². The Morgan fingerprint density at radius 2 is 1.15 bits per heavy atom. The van der Waals surface area contributed by atoms with Crippen molar-refractivity contribution in [3.63, 3.8) is 0 Å². The van der Waals surface area contributed by atoms with Crippen LogP contribution in [0.3, 0.4) is 0 Å². The van der Waals surface area contributed by atoms with E-state index in [1.165, 1.54) is 0 Å². The number of halogens is 6. The molecule has 2 nitrogen and oxygen atoms in total. The first-order valence-electron chi connectivity index (χ1n) is 6.29. The summed E-state index contributed by atoms with van der Waals surface area (Å²) in [7, 11) is 0. The van der Waals surface area contributed by atoms with Crippen molar-refractivity contribution in [3.05, 3.63) is 10.1 Å². The quantitative estimate of drug-likeness (QED) is 0.484. The Kier molecular flexibility index (Phi) is 2.91. The lowest BCUT2D eigenvalue weighted by atomic mass is 9.70. The number of fused-ring (bicyclic) bond motifs is 9. The maximum absolute atomic E-state index is 10.2. The fourth-order valence-corrected chi connectivity index (χ4v) is 8.14. The van der Waals surface area contributed by atoms with Gasteiger partial charge in [0.05, 0.1) is 22.3 Å². The van der Waals surface area contributed by atoms with Gasteiger partial charge in [-0.3, -0.25) is 0 Å². The molecule has 0 aromatic carbocycles. The van der Waals surface area contributed by atoms with Crippen LogP contribution >= 0.6 is 69.6 Å². The van der Waals surface area contributed by atoms with Crippen molar-refractivity contribution >= 4 is 69.6 Å². The Morgan fingerprint density at radius 3 is 1.50 bits per heavy atom. The summed E-state index contributed by atoms with van der Waals surface area (Å²) >= 11 is 39.0. The zero-order valence-corrected chi connectivity index (χ0v) is 14.4. The summed E-state index contributed by atoms with van der Waals surface area (Å²) in [6.07, 6.45) is -1.09. The highest BCUT2D eigenvalue weighted by Crippen LogP contribution is 2.82. The van der Waals surface area contributed by atoms with Crippen LogP contribution < -0.4 is 0 Å². The van der Waals surface area contributed by atoms with E-state index in [4.69, 9.17) is 69.6 Å². The van der Waals surface area contributed by atoms with Crippen LogP contribution in [0.4, 0.5) is 0 Å². The van der Waals surface area contributed by atoms with E-state index in [2.05, 4.69) is 0 Å². The largest absolute Gasteiger partial charge is 0.390 e. The molecule has 0 aromatic heterocycles. The molecule has 0 amide bonds. The minimum Gasteiger partial charge on any atom is -0.390 e. The van der Waals surface area contributed by atoms with Gasteiger partial charge in [0.25, 0.3) is 0 Å². The molecule has 3 saturated carbocycles. The summed E-state index contributed by atoms with van der Waals surface area (Å²) in [4.78, 5) is -2.64.